The van der Waals surface area contributed by atoms with Crippen LogP contribution in [0, 0.1) is 0 Å². The quantitative estimate of drug-likeness (QED) is 0.706. The Morgan fingerprint density at radius 1 is 1.61 bits per heavy atom. The normalized spacial score (nSPS) is 22.3. The van der Waals surface area contributed by atoms with Crippen molar-refractivity contribution in [3.05, 3.63) is 0 Å². The van der Waals surface area contributed by atoms with Crippen molar-refractivity contribution >= 4 is 12.0 Å². The third kappa shape index (κ3) is 4.15. The molecule has 18 heavy (non-hydrogen) atoms. The van der Waals surface area contributed by atoms with E-state index in [2.05, 4.69) is 10.2 Å². The predicted molar refractivity (Wildman–Crippen MR) is 65.5 cm³/mol. The number of aliphatic carboxylic acids is 1. The van der Waals surface area contributed by atoms with Gasteiger partial charge >= 0.3 is 12.0 Å². The summed E-state index contributed by atoms with van der Waals surface area (Å²) in [6, 6.07) is -1.25. The Labute approximate surface area is 107 Å². The van der Waals surface area contributed by atoms with E-state index in [-0.39, 0.29) is 6.10 Å². The molecule has 0 spiro atoms. The van der Waals surface area contributed by atoms with Crippen LogP contribution in [0.1, 0.15) is 6.92 Å². The zero-order valence-electron chi connectivity index (χ0n) is 11.0. The fourth-order valence-electron chi connectivity index (χ4n) is 1.66. The lowest BCUT2D eigenvalue weighted by Crippen LogP contribution is -2.50. The number of amides is 2. The Bertz CT molecular complexity index is 311. The van der Waals surface area contributed by atoms with Crippen molar-refractivity contribution in [3.63, 3.8) is 0 Å². The van der Waals surface area contributed by atoms with Crippen molar-refractivity contribution in [3.8, 4) is 0 Å². The fraction of sp³-hybridized carbons (Fsp3) is 0.818. The first-order valence-electron chi connectivity index (χ1n) is 5.95. The number of morpholine rings is 1. The molecule has 1 heterocycles. The Balaban J connectivity index is 2.34. The number of rotatable bonds is 4. The molecule has 0 bridgehead atoms. The largest absolute Gasteiger partial charge is 0.480 e. The SMILES string of the molecule is CC(C(=O)O)N(C)C(=O)NCC1CN(C)CCO1. The maximum absolute atomic E-state index is 11.7. The van der Waals surface area contributed by atoms with Crippen LogP contribution in [0.5, 0.6) is 0 Å². The van der Waals surface area contributed by atoms with E-state index in [1.54, 1.807) is 0 Å². The maximum atomic E-state index is 11.7. The molecule has 1 rings (SSSR count). The van der Waals surface area contributed by atoms with Gasteiger partial charge in [0.05, 0.1) is 12.7 Å². The number of likely N-dealkylation sites (N-methyl/N-ethyl adjacent to an activating group) is 2. The second-order valence-electron chi connectivity index (χ2n) is 4.57. The predicted octanol–water partition coefficient (Wildman–Crippen LogP) is -0.568. The molecule has 1 aliphatic heterocycles. The molecule has 2 unspecified atom stereocenters. The Hall–Kier alpha value is -1.34. The van der Waals surface area contributed by atoms with Crippen molar-refractivity contribution < 1.29 is 19.4 Å². The first-order valence-corrected chi connectivity index (χ1v) is 5.95. The molecular weight excluding hydrogens is 238 g/mol. The Morgan fingerprint density at radius 3 is 2.83 bits per heavy atom. The highest BCUT2D eigenvalue weighted by molar-refractivity contribution is 5.82. The summed E-state index contributed by atoms with van der Waals surface area (Å²) in [7, 11) is 3.46. The van der Waals surface area contributed by atoms with Crippen LogP contribution in [-0.4, -0.2) is 79.4 Å². The first-order chi connectivity index (χ1) is 8.41. The van der Waals surface area contributed by atoms with Gasteiger partial charge in [-0.1, -0.05) is 0 Å². The van der Waals surface area contributed by atoms with E-state index in [1.807, 2.05) is 7.05 Å². The van der Waals surface area contributed by atoms with Crippen LogP contribution in [0.25, 0.3) is 0 Å². The van der Waals surface area contributed by atoms with Crippen molar-refractivity contribution in [2.45, 2.75) is 19.1 Å². The van der Waals surface area contributed by atoms with Crippen LogP contribution < -0.4 is 5.32 Å². The average molecular weight is 259 g/mol. The summed E-state index contributed by atoms with van der Waals surface area (Å²) in [6.07, 6.45) is -0.0405. The van der Waals surface area contributed by atoms with Crippen LogP contribution in [0.3, 0.4) is 0 Å². The van der Waals surface area contributed by atoms with E-state index in [1.165, 1.54) is 14.0 Å². The van der Waals surface area contributed by atoms with E-state index in [0.717, 1.165) is 18.0 Å². The number of carboxylic acids is 1. The second kappa shape index (κ2) is 6.55. The van der Waals surface area contributed by atoms with Gasteiger partial charge in [-0.05, 0) is 14.0 Å². The standard InChI is InChI=1S/C11H21N3O4/c1-8(10(15)16)14(3)11(17)12-6-9-7-13(2)4-5-18-9/h8-9H,4-7H2,1-3H3,(H,12,17)(H,15,16). The van der Waals surface area contributed by atoms with E-state index < -0.39 is 18.0 Å². The molecule has 1 aliphatic rings. The third-order valence-corrected chi connectivity index (χ3v) is 3.08. The third-order valence-electron chi connectivity index (χ3n) is 3.08. The van der Waals surface area contributed by atoms with Gasteiger partial charge in [0.15, 0.2) is 0 Å². The van der Waals surface area contributed by atoms with Crippen molar-refractivity contribution in [2.75, 3.05) is 40.3 Å². The van der Waals surface area contributed by atoms with Crippen LogP contribution in [0.15, 0.2) is 0 Å². The molecule has 0 aliphatic carbocycles. The molecule has 2 atom stereocenters. The number of nitrogens with zero attached hydrogens (tertiary/aromatic N) is 2. The molecule has 0 saturated carbocycles. The van der Waals surface area contributed by atoms with Gasteiger partial charge in [-0.15, -0.1) is 0 Å². The van der Waals surface area contributed by atoms with Gasteiger partial charge < -0.3 is 25.0 Å². The van der Waals surface area contributed by atoms with Crippen LogP contribution in [0.2, 0.25) is 0 Å². The molecule has 2 N–H and O–H groups in total. The van der Waals surface area contributed by atoms with Gasteiger partial charge in [0.1, 0.15) is 6.04 Å². The van der Waals surface area contributed by atoms with Crippen LogP contribution in [0.4, 0.5) is 4.79 Å². The number of hydrogen-bond donors (Lipinski definition) is 2. The van der Waals surface area contributed by atoms with Gasteiger partial charge in [-0.25, -0.2) is 9.59 Å². The maximum Gasteiger partial charge on any atom is 0.326 e. The number of urea groups is 1. The molecule has 1 fully saturated rings. The van der Waals surface area contributed by atoms with E-state index in [9.17, 15) is 9.59 Å². The fourth-order valence-corrected chi connectivity index (χ4v) is 1.66. The molecule has 0 aromatic carbocycles. The molecule has 0 aromatic rings. The summed E-state index contributed by atoms with van der Waals surface area (Å²) in [6.45, 7) is 4.16. The summed E-state index contributed by atoms with van der Waals surface area (Å²) < 4.78 is 5.50. The smallest absolute Gasteiger partial charge is 0.326 e. The molecule has 104 valence electrons. The van der Waals surface area contributed by atoms with Gasteiger partial charge in [-0.3, -0.25) is 0 Å². The summed E-state index contributed by atoms with van der Waals surface area (Å²) in [5.41, 5.74) is 0. The summed E-state index contributed by atoms with van der Waals surface area (Å²) >= 11 is 0. The van der Waals surface area contributed by atoms with E-state index in [4.69, 9.17) is 9.84 Å². The van der Waals surface area contributed by atoms with Crippen LogP contribution in [-0.2, 0) is 9.53 Å². The zero-order valence-corrected chi connectivity index (χ0v) is 11.0. The number of nitrogens with one attached hydrogen (secondary N) is 1. The second-order valence-corrected chi connectivity index (χ2v) is 4.57. The Kier molecular flexibility index (Phi) is 5.36. The first kappa shape index (κ1) is 14.7. The highest BCUT2D eigenvalue weighted by Crippen LogP contribution is 2.02. The summed E-state index contributed by atoms with van der Waals surface area (Å²) in [5, 5.41) is 11.5. The van der Waals surface area contributed by atoms with E-state index in [0.29, 0.717) is 13.2 Å². The lowest BCUT2D eigenvalue weighted by molar-refractivity contribution is -0.141. The highest BCUT2D eigenvalue weighted by atomic mass is 16.5. The molecule has 2 amide bonds. The van der Waals surface area contributed by atoms with Gasteiger partial charge in [0.2, 0.25) is 0 Å². The minimum absolute atomic E-state index is 0.0405. The van der Waals surface area contributed by atoms with Gasteiger partial charge in [0.25, 0.3) is 0 Å². The monoisotopic (exact) mass is 259 g/mol. The molecule has 7 heteroatoms. The Morgan fingerprint density at radius 2 is 2.28 bits per heavy atom. The highest BCUT2D eigenvalue weighted by Gasteiger charge is 2.23. The van der Waals surface area contributed by atoms with Gasteiger partial charge in [-0.2, -0.15) is 0 Å². The van der Waals surface area contributed by atoms with Crippen molar-refractivity contribution in [1.82, 2.24) is 15.1 Å². The minimum atomic E-state index is -1.03. The lowest BCUT2D eigenvalue weighted by atomic mass is 10.3. The lowest BCUT2D eigenvalue weighted by Gasteiger charge is -2.31. The zero-order chi connectivity index (χ0) is 13.7. The number of carbonyl (C=O) groups excluding carboxylic acids is 1. The van der Waals surface area contributed by atoms with E-state index >= 15 is 0 Å². The number of carboxylic acid groups (broad SMARTS) is 1. The number of carbonyl (C=O) groups is 2. The topological polar surface area (TPSA) is 82.1 Å². The molecule has 1 saturated heterocycles. The minimum Gasteiger partial charge on any atom is -0.480 e. The number of ether oxygens (including phenoxy) is 1. The molecule has 0 aromatic heterocycles. The molecular formula is C11H21N3O4. The average Bonchev–Trinajstić information content (AvgIpc) is 2.34. The van der Waals surface area contributed by atoms with Gasteiger partial charge in [0, 0.05) is 26.7 Å². The summed E-state index contributed by atoms with van der Waals surface area (Å²) in [5.74, 6) is -1.03. The summed E-state index contributed by atoms with van der Waals surface area (Å²) in [4.78, 5) is 25.7. The molecule has 0 radical (unpaired) electrons. The molecule has 7 nitrogen and oxygen atoms in total. The van der Waals surface area contributed by atoms with Crippen LogP contribution >= 0.6 is 0 Å². The number of hydrogen-bond acceptors (Lipinski definition) is 4. The van der Waals surface area contributed by atoms with Crippen molar-refractivity contribution in [1.29, 1.82) is 0 Å². The van der Waals surface area contributed by atoms with Crippen molar-refractivity contribution in [2.24, 2.45) is 0 Å².